The first-order chi connectivity index (χ1) is 9.13. The third-order valence-corrected chi connectivity index (χ3v) is 3.19. The molecule has 1 aromatic rings. The van der Waals surface area contributed by atoms with Crippen LogP contribution in [-0.4, -0.2) is 34.0 Å². The lowest BCUT2D eigenvalue weighted by Crippen LogP contribution is -2.32. The zero-order valence-corrected chi connectivity index (χ0v) is 11.9. The average Bonchev–Trinajstić information content (AvgIpc) is 2.40. The highest BCUT2D eigenvalue weighted by Crippen LogP contribution is 2.09. The Morgan fingerprint density at radius 1 is 1.37 bits per heavy atom. The summed E-state index contributed by atoms with van der Waals surface area (Å²) in [5.74, 6) is -1.06. The summed E-state index contributed by atoms with van der Waals surface area (Å²) in [6, 6.07) is 3.97. The average molecular weight is 264 g/mol. The third-order valence-electron chi connectivity index (χ3n) is 3.19. The van der Waals surface area contributed by atoms with Crippen LogP contribution in [0.4, 0.5) is 0 Å². The zero-order chi connectivity index (χ0) is 14.1. The first-order valence-electron chi connectivity index (χ1n) is 6.97. The first-order valence-corrected chi connectivity index (χ1v) is 6.97. The van der Waals surface area contributed by atoms with Crippen molar-refractivity contribution in [1.82, 2.24) is 9.88 Å². The summed E-state index contributed by atoms with van der Waals surface area (Å²) in [5, 5.41) is 9.03. The summed E-state index contributed by atoms with van der Waals surface area (Å²) < 4.78 is 0. The van der Waals surface area contributed by atoms with E-state index in [4.69, 9.17) is 5.11 Å². The van der Waals surface area contributed by atoms with E-state index in [0.717, 1.165) is 19.5 Å². The van der Waals surface area contributed by atoms with Gasteiger partial charge in [0.15, 0.2) is 0 Å². The molecule has 1 aromatic heterocycles. The zero-order valence-electron chi connectivity index (χ0n) is 11.9. The van der Waals surface area contributed by atoms with Crippen LogP contribution in [-0.2, 0) is 11.3 Å². The lowest BCUT2D eigenvalue weighted by molar-refractivity contribution is -0.141. The van der Waals surface area contributed by atoms with Gasteiger partial charge in [-0.3, -0.25) is 14.7 Å². The SMILES string of the molecule is CCCCCN(Cc1ccncc1)CC(C)C(=O)O. The van der Waals surface area contributed by atoms with Crippen molar-refractivity contribution in [2.45, 2.75) is 39.7 Å². The smallest absolute Gasteiger partial charge is 0.307 e. The Morgan fingerprint density at radius 2 is 2.05 bits per heavy atom. The van der Waals surface area contributed by atoms with Crippen LogP contribution in [0.1, 0.15) is 38.7 Å². The molecule has 0 aliphatic rings. The van der Waals surface area contributed by atoms with Crippen molar-refractivity contribution in [1.29, 1.82) is 0 Å². The van der Waals surface area contributed by atoms with E-state index >= 15 is 0 Å². The summed E-state index contributed by atoms with van der Waals surface area (Å²) in [6.45, 7) is 6.29. The van der Waals surface area contributed by atoms with Gasteiger partial charge in [-0.05, 0) is 30.7 Å². The van der Waals surface area contributed by atoms with Gasteiger partial charge in [0.25, 0.3) is 0 Å². The minimum atomic E-state index is -0.727. The molecule has 0 bridgehead atoms. The van der Waals surface area contributed by atoms with Gasteiger partial charge in [-0.1, -0.05) is 26.7 Å². The second-order valence-electron chi connectivity index (χ2n) is 5.04. The molecule has 1 heterocycles. The monoisotopic (exact) mass is 264 g/mol. The van der Waals surface area contributed by atoms with Crippen LogP contribution in [0.3, 0.4) is 0 Å². The fraction of sp³-hybridized carbons (Fsp3) is 0.600. The molecule has 0 radical (unpaired) electrons. The highest BCUT2D eigenvalue weighted by atomic mass is 16.4. The number of hydrogen-bond donors (Lipinski definition) is 1. The van der Waals surface area contributed by atoms with Crippen molar-refractivity contribution >= 4 is 5.97 Å². The van der Waals surface area contributed by atoms with Crippen LogP contribution in [0.25, 0.3) is 0 Å². The van der Waals surface area contributed by atoms with Crippen molar-refractivity contribution in [3.8, 4) is 0 Å². The molecule has 0 amide bonds. The predicted molar refractivity (Wildman–Crippen MR) is 75.8 cm³/mol. The molecular weight excluding hydrogens is 240 g/mol. The van der Waals surface area contributed by atoms with Crippen molar-refractivity contribution in [3.05, 3.63) is 30.1 Å². The second kappa shape index (κ2) is 8.64. The fourth-order valence-electron chi connectivity index (χ4n) is 2.03. The largest absolute Gasteiger partial charge is 0.481 e. The quantitative estimate of drug-likeness (QED) is 0.697. The van der Waals surface area contributed by atoms with Gasteiger partial charge in [0.2, 0.25) is 0 Å². The fourth-order valence-corrected chi connectivity index (χ4v) is 2.03. The molecule has 1 atom stereocenters. The number of carbonyl (C=O) groups is 1. The van der Waals surface area contributed by atoms with Gasteiger partial charge in [0, 0.05) is 25.5 Å². The highest BCUT2D eigenvalue weighted by molar-refractivity contribution is 5.69. The predicted octanol–water partition coefficient (Wildman–Crippen LogP) is 2.79. The number of pyridine rings is 1. The number of carboxylic acids is 1. The molecule has 106 valence electrons. The van der Waals surface area contributed by atoms with E-state index in [1.54, 1.807) is 19.3 Å². The number of aromatic nitrogens is 1. The standard InChI is InChI=1S/C15H24N2O2/c1-3-4-5-10-17(11-13(2)15(18)19)12-14-6-8-16-9-7-14/h6-9,13H,3-5,10-12H2,1-2H3,(H,18,19). The Hall–Kier alpha value is -1.42. The van der Waals surface area contributed by atoms with Gasteiger partial charge in [0.05, 0.1) is 5.92 Å². The van der Waals surface area contributed by atoms with Gasteiger partial charge < -0.3 is 5.11 Å². The minimum Gasteiger partial charge on any atom is -0.481 e. The number of unbranched alkanes of at least 4 members (excludes halogenated alkanes) is 2. The number of carboxylic acid groups (broad SMARTS) is 1. The van der Waals surface area contributed by atoms with E-state index in [-0.39, 0.29) is 5.92 Å². The molecule has 1 N–H and O–H groups in total. The number of hydrogen-bond acceptors (Lipinski definition) is 3. The summed E-state index contributed by atoms with van der Waals surface area (Å²) in [7, 11) is 0. The van der Waals surface area contributed by atoms with E-state index in [0.29, 0.717) is 6.54 Å². The Labute approximate surface area is 115 Å². The van der Waals surface area contributed by atoms with Crippen molar-refractivity contribution in [3.63, 3.8) is 0 Å². The number of rotatable bonds is 9. The molecule has 0 spiro atoms. The van der Waals surface area contributed by atoms with Gasteiger partial charge in [-0.15, -0.1) is 0 Å². The molecule has 1 unspecified atom stereocenters. The van der Waals surface area contributed by atoms with Gasteiger partial charge in [-0.25, -0.2) is 0 Å². The van der Waals surface area contributed by atoms with Crippen LogP contribution in [0, 0.1) is 5.92 Å². The second-order valence-corrected chi connectivity index (χ2v) is 5.04. The maximum absolute atomic E-state index is 11.0. The Bertz CT molecular complexity index is 368. The summed E-state index contributed by atoms with van der Waals surface area (Å²) in [6.07, 6.45) is 7.04. The van der Waals surface area contributed by atoms with Gasteiger partial charge in [0.1, 0.15) is 0 Å². The Morgan fingerprint density at radius 3 is 2.63 bits per heavy atom. The van der Waals surface area contributed by atoms with Crippen LogP contribution < -0.4 is 0 Å². The molecule has 0 fully saturated rings. The molecule has 0 saturated heterocycles. The Kier molecular flexibility index (Phi) is 7.11. The van der Waals surface area contributed by atoms with Crippen LogP contribution >= 0.6 is 0 Å². The molecule has 4 nitrogen and oxygen atoms in total. The molecule has 1 rings (SSSR count). The van der Waals surface area contributed by atoms with E-state index in [1.807, 2.05) is 12.1 Å². The number of aliphatic carboxylic acids is 1. The highest BCUT2D eigenvalue weighted by Gasteiger charge is 2.16. The first kappa shape index (κ1) is 15.6. The summed E-state index contributed by atoms with van der Waals surface area (Å²) in [5.41, 5.74) is 1.18. The lowest BCUT2D eigenvalue weighted by Gasteiger charge is -2.24. The van der Waals surface area contributed by atoms with E-state index in [9.17, 15) is 4.79 Å². The van der Waals surface area contributed by atoms with Crippen LogP contribution in [0.15, 0.2) is 24.5 Å². The molecule has 0 aliphatic carbocycles. The molecule has 0 aliphatic heterocycles. The van der Waals surface area contributed by atoms with Crippen LogP contribution in [0.2, 0.25) is 0 Å². The van der Waals surface area contributed by atoms with E-state index in [2.05, 4.69) is 16.8 Å². The molecule has 0 aromatic carbocycles. The maximum Gasteiger partial charge on any atom is 0.307 e. The van der Waals surface area contributed by atoms with Gasteiger partial charge in [-0.2, -0.15) is 0 Å². The maximum atomic E-state index is 11.0. The van der Waals surface area contributed by atoms with Crippen LogP contribution in [0.5, 0.6) is 0 Å². The van der Waals surface area contributed by atoms with Crippen molar-refractivity contribution in [2.24, 2.45) is 5.92 Å². The van der Waals surface area contributed by atoms with E-state index < -0.39 is 5.97 Å². The molecule has 0 saturated carbocycles. The topological polar surface area (TPSA) is 53.4 Å². The number of nitrogens with zero attached hydrogens (tertiary/aromatic N) is 2. The summed E-state index contributed by atoms with van der Waals surface area (Å²) >= 11 is 0. The normalized spacial score (nSPS) is 12.6. The minimum absolute atomic E-state index is 0.330. The lowest BCUT2D eigenvalue weighted by atomic mass is 10.1. The van der Waals surface area contributed by atoms with E-state index in [1.165, 1.54) is 18.4 Å². The summed E-state index contributed by atoms with van der Waals surface area (Å²) in [4.78, 5) is 17.2. The van der Waals surface area contributed by atoms with Crippen molar-refractivity contribution in [2.75, 3.05) is 13.1 Å². The molecule has 4 heteroatoms. The third kappa shape index (κ3) is 6.34. The van der Waals surface area contributed by atoms with Gasteiger partial charge >= 0.3 is 5.97 Å². The Balaban J connectivity index is 2.55. The van der Waals surface area contributed by atoms with Crippen molar-refractivity contribution < 1.29 is 9.90 Å². The molecule has 19 heavy (non-hydrogen) atoms. The molecular formula is C15H24N2O2.